The van der Waals surface area contributed by atoms with Gasteiger partial charge in [-0.05, 0) is 24.9 Å². The number of methoxy groups -OCH3 is 1. The molecule has 0 saturated carbocycles. The predicted octanol–water partition coefficient (Wildman–Crippen LogP) is 3.70. The van der Waals surface area contributed by atoms with Crippen molar-refractivity contribution in [2.24, 2.45) is 5.41 Å². The van der Waals surface area contributed by atoms with E-state index in [4.69, 9.17) is 4.74 Å². The van der Waals surface area contributed by atoms with Crippen molar-refractivity contribution in [1.82, 2.24) is 5.32 Å². The number of hydrogen-bond acceptors (Lipinski definition) is 2. The Morgan fingerprint density at radius 1 is 1.29 bits per heavy atom. The second-order valence-electron chi connectivity index (χ2n) is 5.60. The van der Waals surface area contributed by atoms with Crippen molar-refractivity contribution in [3.8, 4) is 5.75 Å². The van der Waals surface area contributed by atoms with Crippen molar-refractivity contribution in [3.63, 3.8) is 0 Å². The first-order valence-electron chi connectivity index (χ1n) is 6.28. The van der Waals surface area contributed by atoms with E-state index in [9.17, 15) is 0 Å². The molecule has 1 rings (SSSR count). The average Bonchev–Trinajstić information content (AvgIpc) is 2.24. The summed E-state index contributed by atoms with van der Waals surface area (Å²) in [7, 11) is 1.74. The minimum absolute atomic E-state index is 0.164. The number of rotatable bonds is 4. The molecule has 17 heavy (non-hydrogen) atoms. The molecule has 0 aromatic heterocycles. The maximum atomic E-state index is 5.48. The fourth-order valence-corrected chi connectivity index (χ4v) is 2.17. The van der Waals surface area contributed by atoms with Crippen LogP contribution < -0.4 is 10.1 Å². The summed E-state index contributed by atoms with van der Waals surface area (Å²) in [5, 5.41) is 3.56. The van der Waals surface area contributed by atoms with Gasteiger partial charge in [0.2, 0.25) is 0 Å². The van der Waals surface area contributed by atoms with E-state index in [1.165, 1.54) is 11.1 Å². The van der Waals surface area contributed by atoms with E-state index in [0.717, 1.165) is 12.3 Å². The standard InChI is InChI=1S/C15H25NO/c1-7-16-14(15(3,4)5)12-10-11(2)8-9-13(12)17-6/h8-10,14,16H,7H2,1-6H3. The molecule has 0 bridgehead atoms. The van der Waals surface area contributed by atoms with Crippen molar-refractivity contribution in [2.75, 3.05) is 13.7 Å². The lowest BCUT2D eigenvalue weighted by Gasteiger charge is -2.33. The summed E-state index contributed by atoms with van der Waals surface area (Å²) in [6.07, 6.45) is 0. The van der Waals surface area contributed by atoms with Gasteiger partial charge in [0.05, 0.1) is 7.11 Å². The first-order chi connectivity index (χ1) is 7.90. The summed E-state index contributed by atoms with van der Waals surface area (Å²) < 4.78 is 5.48. The predicted molar refractivity (Wildman–Crippen MR) is 73.6 cm³/mol. The van der Waals surface area contributed by atoms with Crippen LogP contribution in [0, 0.1) is 12.3 Å². The number of hydrogen-bond donors (Lipinski definition) is 1. The first-order valence-corrected chi connectivity index (χ1v) is 6.28. The molecule has 0 heterocycles. The average molecular weight is 235 g/mol. The van der Waals surface area contributed by atoms with Gasteiger partial charge in [-0.1, -0.05) is 45.4 Å². The normalized spacial score (nSPS) is 13.5. The van der Waals surface area contributed by atoms with Crippen molar-refractivity contribution in [1.29, 1.82) is 0 Å². The molecule has 0 spiro atoms. The Bertz CT molecular complexity index is 366. The Balaban J connectivity index is 3.21. The Hall–Kier alpha value is -1.02. The van der Waals surface area contributed by atoms with E-state index in [1.807, 2.05) is 0 Å². The second kappa shape index (κ2) is 5.54. The third-order valence-corrected chi connectivity index (χ3v) is 2.97. The number of nitrogens with one attached hydrogen (secondary N) is 1. The third-order valence-electron chi connectivity index (χ3n) is 2.97. The molecule has 0 aliphatic rings. The summed E-state index contributed by atoms with van der Waals surface area (Å²) in [6, 6.07) is 6.67. The van der Waals surface area contributed by atoms with E-state index in [-0.39, 0.29) is 5.41 Å². The Labute approximate surface area is 105 Å². The summed E-state index contributed by atoms with van der Waals surface area (Å²) in [5.74, 6) is 0.969. The van der Waals surface area contributed by atoms with Gasteiger partial charge in [-0.15, -0.1) is 0 Å². The van der Waals surface area contributed by atoms with Crippen molar-refractivity contribution in [3.05, 3.63) is 29.3 Å². The third kappa shape index (κ3) is 3.47. The summed E-state index contributed by atoms with van der Waals surface area (Å²) in [5.41, 5.74) is 2.69. The van der Waals surface area contributed by atoms with E-state index < -0.39 is 0 Å². The zero-order valence-corrected chi connectivity index (χ0v) is 11.9. The molecule has 1 unspecified atom stereocenters. The summed E-state index contributed by atoms with van der Waals surface area (Å²) in [4.78, 5) is 0. The number of benzene rings is 1. The largest absolute Gasteiger partial charge is 0.496 e. The second-order valence-corrected chi connectivity index (χ2v) is 5.60. The van der Waals surface area contributed by atoms with Crippen LogP contribution in [0.5, 0.6) is 5.75 Å². The zero-order chi connectivity index (χ0) is 13.1. The van der Waals surface area contributed by atoms with Gasteiger partial charge < -0.3 is 10.1 Å². The van der Waals surface area contributed by atoms with Crippen molar-refractivity contribution in [2.45, 2.75) is 40.7 Å². The maximum absolute atomic E-state index is 5.48. The van der Waals surface area contributed by atoms with Crippen LogP contribution >= 0.6 is 0 Å². The topological polar surface area (TPSA) is 21.3 Å². The van der Waals surface area contributed by atoms with Crippen molar-refractivity contribution < 1.29 is 4.74 Å². The molecular weight excluding hydrogens is 210 g/mol. The summed E-state index contributed by atoms with van der Waals surface area (Å²) >= 11 is 0. The van der Waals surface area contributed by atoms with Gasteiger partial charge in [-0.2, -0.15) is 0 Å². The molecule has 0 saturated heterocycles. The molecule has 1 N–H and O–H groups in total. The van der Waals surface area contributed by atoms with E-state index >= 15 is 0 Å². The smallest absolute Gasteiger partial charge is 0.123 e. The molecule has 0 fully saturated rings. The van der Waals surface area contributed by atoms with Crippen LogP contribution in [0.2, 0.25) is 0 Å². The van der Waals surface area contributed by atoms with Crippen LogP contribution in [-0.2, 0) is 0 Å². The van der Waals surface area contributed by atoms with Crippen LogP contribution in [0.1, 0.15) is 44.9 Å². The first kappa shape index (κ1) is 14.0. The fourth-order valence-electron chi connectivity index (χ4n) is 2.17. The Morgan fingerprint density at radius 2 is 1.94 bits per heavy atom. The number of ether oxygens (including phenoxy) is 1. The Morgan fingerprint density at radius 3 is 2.41 bits per heavy atom. The molecule has 96 valence electrons. The van der Waals surface area contributed by atoms with Crippen LogP contribution in [0.15, 0.2) is 18.2 Å². The van der Waals surface area contributed by atoms with E-state index in [2.05, 4.69) is 58.1 Å². The Kier molecular flexibility index (Phi) is 4.58. The van der Waals surface area contributed by atoms with Gasteiger partial charge in [0, 0.05) is 11.6 Å². The van der Waals surface area contributed by atoms with Crippen LogP contribution in [-0.4, -0.2) is 13.7 Å². The highest BCUT2D eigenvalue weighted by atomic mass is 16.5. The van der Waals surface area contributed by atoms with Crippen molar-refractivity contribution >= 4 is 0 Å². The molecular formula is C15H25NO. The highest BCUT2D eigenvalue weighted by Crippen LogP contribution is 2.37. The lowest BCUT2D eigenvalue weighted by molar-refractivity contribution is 0.268. The quantitative estimate of drug-likeness (QED) is 0.859. The van der Waals surface area contributed by atoms with Gasteiger partial charge in [0.15, 0.2) is 0 Å². The van der Waals surface area contributed by atoms with Gasteiger partial charge in [0.1, 0.15) is 5.75 Å². The van der Waals surface area contributed by atoms with Gasteiger partial charge in [-0.3, -0.25) is 0 Å². The highest BCUT2D eigenvalue weighted by molar-refractivity contribution is 5.40. The zero-order valence-electron chi connectivity index (χ0n) is 11.9. The molecule has 2 nitrogen and oxygen atoms in total. The molecule has 0 radical (unpaired) electrons. The summed E-state index contributed by atoms with van der Waals surface area (Å²) in [6.45, 7) is 12.0. The molecule has 0 aliphatic heterocycles. The maximum Gasteiger partial charge on any atom is 0.123 e. The molecule has 0 amide bonds. The molecule has 1 atom stereocenters. The van der Waals surface area contributed by atoms with Gasteiger partial charge >= 0.3 is 0 Å². The monoisotopic (exact) mass is 235 g/mol. The highest BCUT2D eigenvalue weighted by Gasteiger charge is 2.27. The SMILES string of the molecule is CCNC(c1cc(C)ccc1OC)C(C)(C)C. The van der Waals surface area contributed by atoms with E-state index in [0.29, 0.717) is 6.04 Å². The minimum Gasteiger partial charge on any atom is -0.496 e. The molecule has 0 aliphatic carbocycles. The number of aryl methyl sites for hydroxylation is 1. The van der Waals surface area contributed by atoms with Crippen LogP contribution in [0.4, 0.5) is 0 Å². The lowest BCUT2D eigenvalue weighted by atomic mass is 9.81. The molecule has 1 aromatic rings. The molecule has 1 aromatic carbocycles. The van der Waals surface area contributed by atoms with E-state index in [1.54, 1.807) is 7.11 Å². The van der Waals surface area contributed by atoms with Crippen LogP contribution in [0.3, 0.4) is 0 Å². The minimum atomic E-state index is 0.164. The fraction of sp³-hybridized carbons (Fsp3) is 0.600. The van der Waals surface area contributed by atoms with Gasteiger partial charge in [0.25, 0.3) is 0 Å². The molecule has 2 heteroatoms. The lowest BCUT2D eigenvalue weighted by Crippen LogP contribution is -2.32. The van der Waals surface area contributed by atoms with Gasteiger partial charge in [-0.25, -0.2) is 0 Å². The van der Waals surface area contributed by atoms with Crippen LogP contribution in [0.25, 0.3) is 0 Å².